The van der Waals surface area contributed by atoms with Crippen LogP contribution in [0.2, 0.25) is 0 Å². The van der Waals surface area contributed by atoms with Gasteiger partial charge in [0.05, 0.1) is 5.69 Å². The lowest BCUT2D eigenvalue weighted by atomic mass is 10.0. The van der Waals surface area contributed by atoms with E-state index in [0.29, 0.717) is 5.92 Å². The second-order valence-electron chi connectivity index (χ2n) is 4.39. The fourth-order valence-corrected chi connectivity index (χ4v) is 1.80. The fourth-order valence-electron chi connectivity index (χ4n) is 1.69. The number of nitrogens with zero attached hydrogens (tertiary/aromatic N) is 2. The molecule has 0 saturated heterocycles. The van der Waals surface area contributed by atoms with E-state index in [1.54, 1.807) is 0 Å². The van der Waals surface area contributed by atoms with Crippen molar-refractivity contribution in [1.82, 2.24) is 9.78 Å². The Kier molecular flexibility index (Phi) is 4.65. The first-order valence-electron chi connectivity index (χ1n) is 5.72. The second kappa shape index (κ2) is 5.55. The molecule has 0 bridgehead atoms. The molecule has 3 heteroatoms. The van der Waals surface area contributed by atoms with Crippen molar-refractivity contribution in [3.63, 3.8) is 0 Å². The van der Waals surface area contributed by atoms with E-state index in [1.165, 1.54) is 5.69 Å². The lowest BCUT2D eigenvalue weighted by molar-refractivity contribution is 0.543. The van der Waals surface area contributed by atoms with Crippen LogP contribution >= 0.6 is 11.6 Å². The van der Waals surface area contributed by atoms with Gasteiger partial charge in [0.15, 0.2) is 0 Å². The summed E-state index contributed by atoms with van der Waals surface area (Å²) in [5, 5.41) is 4.69. The molecule has 86 valence electrons. The fraction of sp³-hybridized carbons (Fsp3) is 0.750. The summed E-state index contributed by atoms with van der Waals surface area (Å²) in [6.45, 7) is 9.44. The molecule has 1 aromatic heterocycles. The van der Waals surface area contributed by atoms with E-state index in [0.717, 1.165) is 25.1 Å². The highest BCUT2D eigenvalue weighted by Crippen LogP contribution is 2.17. The third-order valence-electron chi connectivity index (χ3n) is 2.68. The molecule has 1 atom stereocenters. The highest BCUT2D eigenvalue weighted by molar-refractivity contribution is 6.20. The van der Waals surface area contributed by atoms with Crippen molar-refractivity contribution >= 4 is 11.6 Å². The van der Waals surface area contributed by atoms with Crippen LogP contribution in [0.5, 0.6) is 0 Å². The van der Waals surface area contributed by atoms with Gasteiger partial charge in [-0.3, -0.25) is 4.68 Å². The van der Waals surface area contributed by atoms with Crippen molar-refractivity contribution < 1.29 is 0 Å². The zero-order valence-corrected chi connectivity index (χ0v) is 10.9. The van der Waals surface area contributed by atoms with Crippen LogP contribution < -0.4 is 0 Å². The molecule has 0 aromatic carbocycles. The molecule has 0 amide bonds. The molecule has 0 fully saturated rings. The number of aryl methyl sites for hydroxylation is 3. The summed E-state index contributed by atoms with van der Waals surface area (Å²) < 4.78 is 2.07. The first-order chi connectivity index (χ1) is 7.04. The van der Waals surface area contributed by atoms with E-state index in [1.807, 2.05) is 6.92 Å². The predicted octanol–water partition coefficient (Wildman–Crippen LogP) is 3.41. The second-order valence-corrected chi connectivity index (χ2v) is 4.95. The molecular formula is C12H21ClN2. The molecule has 0 spiro atoms. The van der Waals surface area contributed by atoms with Gasteiger partial charge in [-0.1, -0.05) is 13.8 Å². The molecule has 0 saturated carbocycles. The van der Waals surface area contributed by atoms with E-state index in [2.05, 4.69) is 36.6 Å². The molecule has 0 radical (unpaired) electrons. The minimum Gasteiger partial charge on any atom is -0.270 e. The van der Waals surface area contributed by atoms with Crippen molar-refractivity contribution in [2.75, 3.05) is 0 Å². The van der Waals surface area contributed by atoms with E-state index in [9.17, 15) is 0 Å². The molecule has 0 aliphatic carbocycles. The van der Waals surface area contributed by atoms with Gasteiger partial charge in [0.1, 0.15) is 0 Å². The number of rotatable bonds is 5. The predicted molar refractivity (Wildman–Crippen MR) is 65.4 cm³/mol. The van der Waals surface area contributed by atoms with E-state index < -0.39 is 0 Å². The third kappa shape index (κ3) is 3.53. The number of alkyl halides is 1. The summed E-state index contributed by atoms with van der Waals surface area (Å²) in [4.78, 5) is 0. The molecule has 1 heterocycles. The molecule has 0 N–H and O–H groups in total. The summed E-state index contributed by atoms with van der Waals surface area (Å²) in [6.07, 6.45) is 2.06. The maximum atomic E-state index is 6.24. The third-order valence-corrected chi connectivity index (χ3v) is 3.41. The summed E-state index contributed by atoms with van der Waals surface area (Å²) in [5.41, 5.74) is 2.41. The average molecular weight is 229 g/mol. The van der Waals surface area contributed by atoms with Crippen LogP contribution in [0.4, 0.5) is 0 Å². The van der Waals surface area contributed by atoms with Gasteiger partial charge in [-0.2, -0.15) is 5.10 Å². The van der Waals surface area contributed by atoms with Gasteiger partial charge in [0.25, 0.3) is 0 Å². The molecular weight excluding hydrogens is 208 g/mol. The summed E-state index contributed by atoms with van der Waals surface area (Å²) >= 11 is 6.24. The minimum atomic E-state index is 0.269. The van der Waals surface area contributed by atoms with Crippen LogP contribution in [0.3, 0.4) is 0 Å². The van der Waals surface area contributed by atoms with Crippen molar-refractivity contribution in [2.45, 2.75) is 52.5 Å². The van der Waals surface area contributed by atoms with Gasteiger partial charge in [-0.15, -0.1) is 11.6 Å². The number of aromatic nitrogens is 2. The van der Waals surface area contributed by atoms with Crippen LogP contribution in [-0.2, 0) is 13.0 Å². The number of halogens is 1. The largest absolute Gasteiger partial charge is 0.270 e. The zero-order chi connectivity index (χ0) is 11.4. The van der Waals surface area contributed by atoms with Crippen molar-refractivity contribution in [2.24, 2.45) is 5.92 Å². The van der Waals surface area contributed by atoms with Gasteiger partial charge < -0.3 is 0 Å². The van der Waals surface area contributed by atoms with Crippen LogP contribution in [0.25, 0.3) is 0 Å². The topological polar surface area (TPSA) is 17.8 Å². The summed E-state index contributed by atoms with van der Waals surface area (Å²) in [5.74, 6) is 0.547. The van der Waals surface area contributed by atoms with Crippen molar-refractivity contribution in [1.29, 1.82) is 0 Å². The van der Waals surface area contributed by atoms with Crippen molar-refractivity contribution in [3.8, 4) is 0 Å². The summed E-state index contributed by atoms with van der Waals surface area (Å²) in [6, 6.07) is 2.16. The number of hydrogen-bond donors (Lipinski definition) is 0. The monoisotopic (exact) mass is 228 g/mol. The minimum absolute atomic E-state index is 0.269. The Balaban J connectivity index is 2.56. The highest BCUT2D eigenvalue weighted by atomic mass is 35.5. The lowest BCUT2D eigenvalue weighted by Crippen LogP contribution is -2.11. The Morgan fingerprint density at radius 2 is 2.13 bits per heavy atom. The smallest absolute Gasteiger partial charge is 0.0596 e. The Hall–Kier alpha value is -0.500. The maximum absolute atomic E-state index is 6.24. The lowest BCUT2D eigenvalue weighted by Gasteiger charge is -2.13. The SMILES string of the molecule is CCn1nc(C)cc1CCC(Cl)C(C)C. The summed E-state index contributed by atoms with van der Waals surface area (Å²) in [7, 11) is 0. The molecule has 15 heavy (non-hydrogen) atoms. The Morgan fingerprint density at radius 3 is 2.67 bits per heavy atom. The Morgan fingerprint density at radius 1 is 1.47 bits per heavy atom. The van der Waals surface area contributed by atoms with E-state index in [4.69, 9.17) is 11.6 Å². The molecule has 1 unspecified atom stereocenters. The van der Waals surface area contributed by atoms with Gasteiger partial charge in [0, 0.05) is 17.6 Å². The molecule has 1 aromatic rings. The molecule has 1 rings (SSSR count). The van der Waals surface area contributed by atoms with Gasteiger partial charge in [-0.25, -0.2) is 0 Å². The van der Waals surface area contributed by atoms with Gasteiger partial charge in [-0.05, 0) is 38.7 Å². The van der Waals surface area contributed by atoms with Crippen LogP contribution in [0, 0.1) is 12.8 Å². The van der Waals surface area contributed by atoms with Crippen LogP contribution in [0.1, 0.15) is 38.6 Å². The van der Waals surface area contributed by atoms with Gasteiger partial charge >= 0.3 is 0 Å². The average Bonchev–Trinajstić information content (AvgIpc) is 2.55. The molecule has 2 nitrogen and oxygen atoms in total. The maximum Gasteiger partial charge on any atom is 0.0596 e. The highest BCUT2D eigenvalue weighted by Gasteiger charge is 2.11. The van der Waals surface area contributed by atoms with Gasteiger partial charge in [0.2, 0.25) is 0 Å². The van der Waals surface area contributed by atoms with E-state index in [-0.39, 0.29) is 5.38 Å². The first kappa shape index (κ1) is 12.6. The van der Waals surface area contributed by atoms with Crippen LogP contribution in [0.15, 0.2) is 6.07 Å². The quantitative estimate of drug-likeness (QED) is 0.707. The standard InChI is InChI=1S/C12H21ClN2/c1-5-15-11(8-10(4)14-15)6-7-12(13)9(2)3/h8-9,12H,5-7H2,1-4H3. The normalized spacial score (nSPS) is 13.5. The van der Waals surface area contributed by atoms with E-state index >= 15 is 0 Å². The Bertz CT molecular complexity index is 305. The molecule has 0 aliphatic rings. The number of hydrogen-bond acceptors (Lipinski definition) is 1. The zero-order valence-electron chi connectivity index (χ0n) is 10.1. The Labute approximate surface area is 97.6 Å². The first-order valence-corrected chi connectivity index (χ1v) is 6.15. The molecule has 0 aliphatic heterocycles. The van der Waals surface area contributed by atoms with Crippen molar-refractivity contribution in [3.05, 3.63) is 17.5 Å². The van der Waals surface area contributed by atoms with Crippen LogP contribution in [-0.4, -0.2) is 15.2 Å².